The first kappa shape index (κ1) is 20.2. The Morgan fingerprint density at radius 3 is 2.68 bits per heavy atom. The van der Waals surface area contributed by atoms with Crippen LogP contribution in [0.4, 0.5) is 20.9 Å². The lowest BCUT2D eigenvalue weighted by molar-refractivity contribution is -0.115. The first-order chi connectivity index (χ1) is 13.3. The summed E-state index contributed by atoms with van der Waals surface area (Å²) in [6.07, 6.45) is 1.79. The van der Waals surface area contributed by atoms with Crippen molar-refractivity contribution in [1.82, 2.24) is 9.88 Å². The van der Waals surface area contributed by atoms with Crippen molar-refractivity contribution in [2.24, 2.45) is 0 Å². The van der Waals surface area contributed by atoms with Gasteiger partial charge in [-0.05, 0) is 25.1 Å². The summed E-state index contributed by atoms with van der Waals surface area (Å²) in [7, 11) is 0. The molecule has 1 aliphatic rings. The number of carbonyl (C=O) groups excluding carboxylic acids is 2. The van der Waals surface area contributed by atoms with Gasteiger partial charge in [-0.25, -0.2) is 9.37 Å². The molecule has 1 saturated heterocycles. The van der Waals surface area contributed by atoms with Crippen LogP contribution >= 0.6 is 11.3 Å². The molecule has 1 atom stereocenters. The number of rotatable bonds is 5. The van der Waals surface area contributed by atoms with E-state index in [1.807, 2.05) is 0 Å². The third-order valence-corrected chi connectivity index (χ3v) is 5.47. The minimum Gasteiger partial charge on any atom is -0.367 e. The topological polar surface area (TPSA) is 77.6 Å². The van der Waals surface area contributed by atoms with Gasteiger partial charge in [0.05, 0.1) is 11.4 Å². The van der Waals surface area contributed by atoms with E-state index in [1.165, 1.54) is 37.3 Å². The summed E-state index contributed by atoms with van der Waals surface area (Å²) in [6, 6.07) is 4.65. The standard InChI is InChI=1S/C19H24FN5O2S/c1-12-10-25(18-8-15(20)4-5-17(18)22-13(2)26)7-6-24(12)11-16-9-21-19(28-16)23-14(3)27/h4-5,8-9,12H,6-7,10-11H2,1-3H3,(H,22,26)(H,21,23,27). The van der Waals surface area contributed by atoms with Crippen molar-refractivity contribution < 1.29 is 14.0 Å². The molecule has 3 rings (SSSR count). The lowest BCUT2D eigenvalue weighted by atomic mass is 10.1. The van der Waals surface area contributed by atoms with Crippen LogP contribution in [0, 0.1) is 5.82 Å². The summed E-state index contributed by atoms with van der Waals surface area (Å²) in [5.41, 5.74) is 1.32. The summed E-state index contributed by atoms with van der Waals surface area (Å²) in [4.78, 5) is 32.3. The van der Waals surface area contributed by atoms with E-state index in [2.05, 4.69) is 32.3 Å². The fourth-order valence-corrected chi connectivity index (χ4v) is 4.18. The Morgan fingerprint density at radius 1 is 1.25 bits per heavy atom. The molecule has 2 heterocycles. The maximum atomic E-state index is 13.8. The van der Waals surface area contributed by atoms with Crippen LogP contribution < -0.4 is 15.5 Å². The number of aromatic nitrogens is 1. The molecular weight excluding hydrogens is 381 g/mol. The molecule has 1 aliphatic heterocycles. The van der Waals surface area contributed by atoms with Gasteiger partial charge < -0.3 is 15.5 Å². The third-order valence-electron chi connectivity index (χ3n) is 4.57. The molecule has 9 heteroatoms. The fraction of sp³-hybridized carbons (Fsp3) is 0.421. The van der Waals surface area contributed by atoms with Crippen molar-refractivity contribution in [3.8, 4) is 0 Å². The lowest BCUT2D eigenvalue weighted by Gasteiger charge is -2.41. The first-order valence-corrected chi connectivity index (χ1v) is 9.92. The Kier molecular flexibility index (Phi) is 6.25. The van der Waals surface area contributed by atoms with Crippen LogP contribution in [-0.4, -0.2) is 47.4 Å². The molecule has 1 aromatic carbocycles. The zero-order valence-corrected chi connectivity index (χ0v) is 17.0. The Hall–Kier alpha value is -2.52. The zero-order valence-electron chi connectivity index (χ0n) is 16.2. The molecular formula is C19H24FN5O2S. The number of thiazole rings is 1. The van der Waals surface area contributed by atoms with E-state index >= 15 is 0 Å². The van der Waals surface area contributed by atoms with Gasteiger partial charge >= 0.3 is 0 Å². The summed E-state index contributed by atoms with van der Waals surface area (Å²) in [6.45, 7) is 8.00. The molecule has 150 valence electrons. The second-order valence-electron chi connectivity index (χ2n) is 6.92. The van der Waals surface area contributed by atoms with Crippen LogP contribution in [0.15, 0.2) is 24.4 Å². The van der Waals surface area contributed by atoms with Gasteiger partial charge in [-0.3, -0.25) is 14.5 Å². The molecule has 1 fully saturated rings. The van der Waals surface area contributed by atoms with Crippen LogP contribution in [0.2, 0.25) is 0 Å². The predicted molar refractivity (Wildman–Crippen MR) is 109 cm³/mol. The average molecular weight is 405 g/mol. The second kappa shape index (κ2) is 8.66. The minimum atomic E-state index is -0.325. The average Bonchev–Trinajstić information content (AvgIpc) is 3.04. The molecule has 28 heavy (non-hydrogen) atoms. The highest BCUT2D eigenvalue weighted by Crippen LogP contribution is 2.30. The molecule has 0 radical (unpaired) electrons. The summed E-state index contributed by atoms with van der Waals surface area (Å²) >= 11 is 1.47. The number of halogens is 1. The fourth-order valence-electron chi connectivity index (χ4n) is 3.30. The van der Waals surface area contributed by atoms with E-state index in [9.17, 15) is 14.0 Å². The van der Waals surface area contributed by atoms with E-state index in [0.717, 1.165) is 24.5 Å². The molecule has 7 nitrogen and oxygen atoms in total. The highest BCUT2D eigenvalue weighted by Gasteiger charge is 2.26. The number of nitrogens with zero attached hydrogens (tertiary/aromatic N) is 3. The molecule has 0 spiro atoms. The van der Waals surface area contributed by atoms with Gasteiger partial charge in [0.2, 0.25) is 11.8 Å². The Bertz CT molecular complexity index is 872. The van der Waals surface area contributed by atoms with Crippen LogP contribution in [0.3, 0.4) is 0 Å². The van der Waals surface area contributed by atoms with Gasteiger partial charge in [0.15, 0.2) is 5.13 Å². The van der Waals surface area contributed by atoms with Crippen molar-refractivity contribution in [2.75, 3.05) is 35.2 Å². The van der Waals surface area contributed by atoms with E-state index in [1.54, 1.807) is 12.3 Å². The highest BCUT2D eigenvalue weighted by molar-refractivity contribution is 7.15. The number of carbonyl (C=O) groups is 2. The third kappa shape index (κ3) is 5.05. The van der Waals surface area contributed by atoms with Gasteiger partial charge in [0.25, 0.3) is 0 Å². The van der Waals surface area contributed by atoms with Gasteiger partial charge in [-0.2, -0.15) is 0 Å². The summed E-state index contributed by atoms with van der Waals surface area (Å²) in [5.74, 6) is -0.637. The van der Waals surface area contributed by atoms with E-state index in [0.29, 0.717) is 23.1 Å². The van der Waals surface area contributed by atoms with E-state index < -0.39 is 0 Å². The maximum absolute atomic E-state index is 13.8. The smallest absolute Gasteiger partial charge is 0.223 e. The number of hydrogen-bond donors (Lipinski definition) is 2. The normalized spacial score (nSPS) is 17.4. The van der Waals surface area contributed by atoms with Crippen molar-refractivity contribution in [2.45, 2.75) is 33.4 Å². The highest BCUT2D eigenvalue weighted by atomic mass is 32.1. The van der Waals surface area contributed by atoms with Gasteiger partial charge in [0, 0.05) is 57.1 Å². The molecule has 1 aromatic heterocycles. The SMILES string of the molecule is CC(=O)Nc1ncc(CN2CCN(c3cc(F)ccc3NC(C)=O)CC2C)s1. The number of amides is 2. The summed E-state index contributed by atoms with van der Waals surface area (Å²) < 4.78 is 13.8. The minimum absolute atomic E-state index is 0.132. The number of nitrogens with one attached hydrogen (secondary N) is 2. The van der Waals surface area contributed by atoms with Crippen molar-refractivity contribution in [1.29, 1.82) is 0 Å². The van der Waals surface area contributed by atoms with Crippen molar-refractivity contribution in [3.05, 3.63) is 35.1 Å². The molecule has 0 bridgehead atoms. The largest absolute Gasteiger partial charge is 0.367 e. The van der Waals surface area contributed by atoms with Crippen LogP contribution in [0.25, 0.3) is 0 Å². The number of hydrogen-bond acceptors (Lipinski definition) is 6. The second-order valence-corrected chi connectivity index (χ2v) is 8.04. The van der Waals surface area contributed by atoms with Crippen molar-refractivity contribution >= 4 is 39.7 Å². The molecule has 2 amide bonds. The number of benzene rings is 1. The molecule has 0 aliphatic carbocycles. The van der Waals surface area contributed by atoms with Gasteiger partial charge in [0.1, 0.15) is 5.82 Å². The van der Waals surface area contributed by atoms with Crippen LogP contribution in [0.1, 0.15) is 25.6 Å². The lowest BCUT2D eigenvalue weighted by Crippen LogP contribution is -2.51. The van der Waals surface area contributed by atoms with Crippen molar-refractivity contribution in [3.63, 3.8) is 0 Å². The van der Waals surface area contributed by atoms with Crippen LogP contribution in [-0.2, 0) is 16.1 Å². The van der Waals surface area contributed by atoms with E-state index in [-0.39, 0.29) is 23.7 Å². The monoisotopic (exact) mass is 405 g/mol. The summed E-state index contributed by atoms with van der Waals surface area (Å²) in [5, 5.41) is 6.09. The number of piperazine rings is 1. The molecule has 1 unspecified atom stereocenters. The maximum Gasteiger partial charge on any atom is 0.223 e. The molecule has 0 saturated carbocycles. The quantitative estimate of drug-likeness (QED) is 0.800. The molecule has 2 N–H and O–H groups in total. The number of anilines is 3. The zero-order chi connectivity index (χ0) is 20.3. The van der Waals surface area contributed by atoms with Crippen LogP contribution in [0.5, 0.6) is 0 Å². The molecule has 2 aromatic rings. The predicted octanol–water partition coefficient (Wildman–Crippen LogP) is 2.91. The van der Waals surface area contributed by atoms with Gasteiger partial charge in [-0.1, -0.05) is 0 Å². The Labute approximate surface area is 167 Å². The Morgan fingerprint density at radius 2 is 2.00 bits per heavy atom. The van der Waals surface area contributed by atoms with Gasteiger partial charge in [-0.15, -0.1) is 11.3 Å². The Balaban J connectivity index is 1.67. The van der Waals surface area contributed by atoms with E-state index in [4.69, 9.17) is 0 Å². The first-order valence-electron chi connectivity index (χ1n) is 9.10.